The minimum Gasteiger partial charge on any atom is -0.486 e. The van der Waals surface area contributed by atoms with E-state index in [4.69, 9.17) is 39.5 Å². The van der Waals surface area contributed by atoms with Crippen molar-refractivity contribution in [2.45, 2.75) is 6.61 Å². The maximum absolute atomic E-state index is 6.31. The fraction of sp³-hybridized carbons (Fsp3) is 0.188. The molecule has 0 atom stereocenters. The molecule has 0 bridgehead atoms. The maximum atomic E-state index is 6.31. The molecule has 6 heteroatoms. The lowest BCUT2D eigenvalue weighted by Crippen LogP contribution is -1.99. The maximum Gasteiger partial charge on any atom is 0.157 e. The third-order valence-corrected chi connectivity index (χ3v) is 4.92. The molecule has 1 aliphatic heterocycles. The van der Waals surface area contributed by atoms with E-state index >= 15 is 0 Å². The van der Waals surface area contributed by atoms with E-state index in [9.17, 15) is 0 Å². The Labute approximate surface area is 148 Å². The van der Waals surface area contributed by atoms with Crippen molar-refractivity contribution in [2.75, 3.05) is 12.3 Å². The SMILES string of the molecule is Clc1cccc(COc2c(Cl)cc(C3=NCCS3)cc2Cl)c1. The Kier molecular flexibility index (Phi) is 5.19. The fourth-order valence-electron chi connectivity index (χ4n) is 2.11. The second-order valence-corrected chi connectivity index (χ2v) is 7.06. The van der Waals surface area contributed by atoms with Crippen molar-refractivity contribution in [3.63, 3.8) is 0 Å². The normalized spacial score (nSPS) is 14.0. The molecule has 0 N–H and O–H groups in total. The molecule has 0 fully saturated rings. The second kappa shape index (κ2) is 7.14. The van der Waals surface area contributed by atoms with E-state index in [0.717, 1.165) is 28.5 Å². The van der Waals surface area contributed by atoms with Gasteiger partial charge in [0.1, 0.15) is 6.61 Å². The molecule has 0 saturated heterocycles. The van der Waals surface area contributed by atoms with Crippen molar-refractivity contribution in [3.8, 4) is 5.75 Å². The summed E-state index contributed by atoms with van der Waals surface area (Å²) in [6.07, 6.45) is 0. The first-order chi connectivity index (χ1) is 10.6. The van der Waals surface area contributed by atoms with Crippen molar-refractivity contribution in [1.29, 1.82) is 0 Å². The van der Waals surface area contributed by atoms with Crippen LogP contribution in [0.25, 0.3) is 0 Å². The molecular weight excluding hydrogens is 361 g/mol. The van der Waals surface area contributed by atoms with Gasteiger partial charge in [-0.3, -0.25) is 4.99 Å². The third kappa shape index (κ3) is 3.72. The number of thioether (sulfide) groups is 1. The number of halogens is 3. The molecule has 3 rings (SSSR count). The van der Waals surface area contributed by atoms with Crippen molar-refractivity contribution < 1.29 is 4.74 Å². The van der Waals surface area contributed by atoms with Crippen LogP contribution in [0.1, 0.15) is 11.1 Å². The zero-order chi connectivity index (χ0) is 15.5. The first-order valence-electron chi connectivity index (χ1n) is 6.67. The highest BCUT2D eigenvalue weighted by Crippen LogP contribution is 2.36. The van der Waals surface area contributed by atoms with Crippen LogP contribution in [0.2, 0.25) is 15.1 Å². The van der Waals surface area contributed by atoms with E-state index in [0.29, 0.717) is 27.4 Å². The van der Waals surface area contributed by atoms with Gasteiger partial charge in [0, 0.05) is 22.9 Å². The average Bonchev–Trinajstić information content (AvgIpc) is 3.00. The summed E-state index contributed by atoms with van der Waals surface area (Å²) in [6, 6.07) is 11.2. The largest absolute Gasteiger partial charge is 0.486 e. The lowest BCUT2D eigenvalue weighted by molar-refractivity contribution is 0.306. The molecule has 0 radical (unpaired) electrons. The minimum atomic E-state index is 0.356. The van der Waals surface area contributed by atoms with Crippen molar-refractivity contribution in [3.05, 3.63) is 62.6 Å². The zero-order valence-electron chi connectivity index (χ0n) is 11.5. The summed E-state index contributed by atoms with van der Waals surface area (Å²) in [5.74, 6) is 1.48. The van der Waals surface area contributed by atoms with Gasteiger partial charge in [0.05, 0.1) is 15.1 Å². The summed E-state index contributed by atoms with van der Waals surface area (Å²) in [5, 5.41) is 2.62. The molecule has 0 unspecified atom stereocenters. The number of hydrogen-bond donors (Lipinski definition) is 0. The van der Waals surface area contributed by atoms with Gasteiger partial charge in [-0.05, 0) is 29.8 Å². The summed E-state index contributed by atoms with van der Waals surface area (Å²) < 4.78 is 5.76. The molecule has 1 aliphatic rings. The standard InChI is InChI=1S/C16H12Cl3NOS/c17-12-3-1-2-10(6-12)9-21-15-13(18)7-11(8-14(15)19)16-20-4-5-22-16/h1-3,6-8H,4-5,9H2. The fourth-order valence-corrected chi connectivity index (χ4v) is 3.77. The van der Waals surface area contributed by atoms with Crippen LogP contribution in [0, 0.1) is 0 Å². The predicted octanol–water partition coefficient (Wildman–Crippen LogP) is 5.72. The Morgan fingerprint density at radius 2 is 1.86 bits per heavy atom. The zero-order valence-corrected chi connectivity index (χ0v) is 14.6. The third-order valence-electron chi connectivity index (χ3n) is 3.10. The second-order valence-electron chi connectivity index (χ2n) is 4.72. The Balaban J connectivity index is 1.79. The van der Waals surface area contributed by atoms with E-state index in [-0.39, 0.29) is 0 Å². The Bertz CT molecular complexity index is 710. The van der Waals surface area contributed by atoms with Crippen molar-refractivity contribution >= 4 is 51.6 Å². The van der Waals surface area contributed by atoms with Crippen LogP contribution in [0.3, 0.4) is 0 Å². The Hall–Kier alpha value is -0.870. The Morgan fingerprint density at radius 3 is 2.50 bits per heavy atom. The molecule has 2 aromatic carbocycles. The number of aliphatic imine (C=N–C) groups is 1. The summed E-state index contributed by atoms with van der Waals surface area (Å²) in [5.41, 5.74) is 1.90. The number of hydrogen-bond acceptors (Lipinski definition) is 3. The topological polar surface area (TPSA) is 21.6 Å². The van der Waals surface area contributed by atoms with Crippen LogP contribution < -0.4 is 4.74 Å². The average molecular weight is 373 g/mol. The van der Waals surface area contributed by atoms with Gasteiger partial charge in [-0.25, -0.2) is 0 Å². The van der Waals surface area contributed by atoms with Gasteiger partial charge in [-0.2, -0.15) is 0 Å². The van der Waals surface area contributed by atoms with Crippen LogP contribution in [-0.2, 0) is 6.61 Å². The van der Waals surface area contributed by atoms with Crippen LogP contribution in [0.4, 0.5) is 0 Å². The molecule has 0 aliphatic carbocycles. The van der Waals surface area contributed by atoms with Gasteiger partial charge in [-0.1, -0.05) is 46.9 Å². The lowest BCUT2D eigenvalue weighted by atomic mass is 10.2. The summed E-state index contributed by atoms with van der Waals surface area (Å²) in [6.45, 7) is 1.19. The minimum absolute atomic E-state index is 0.356. The molecule has 2 nitrogen and oxygen atoms in total. The van der Waals surface area contributed by atoms with Crippen LogP contribution in [0.5, 0.6) is 5.75 Å². The number of nitrogens with zero attached hydrogens (tertiary/aromatic N) is 1. The first-order valence-corrected chi connectivity index (χ1v) is 8.79. The van der Waals surface area contributed by atoms with Gasteiger partial charge in [0.15, 0.2) is 5.75 Å². The molecule has 0 saturated carbocycles. The Morgan fingerprint density at radius 1 is 1.09 bits per heavy atom. The molecule has 22 heavy (non-hydrogen) atoms. The van der Waals surface area contributed by atoms with Crippen LogP contribution in [-0.4, -0.2) is 17.3 Å². The van der Waals surface area contributed by atoms with E-state index in [1.165, 1.54) is 0 Å². The highest BCUT2D eigenvalue weighted by atomic mass is 35.5. The highest BCUT2D eigenvalue weighted by Gasteiger charge is 2.15. The molecule has 0 spiro atoms. The van der Waals surface area contributed by atoms with Gasteiger partial charge in [0.2, 0.25) is 0 Å². The smallest absolute Gasteiger partial charge is 0.157 e. The van der Waals surface area contributed by atoms with Crippen LogP contribution >= 0.6 is 46.6 Å². The summed E-state index contributed by atoms with van der Waals surface area (Å²) in [4.78, 5) is 4.43. The van der Waals surface area contributed by atoms with E-state index in [2.05, 4.69) is 4.99 Å². The molecule has 0 amide bonds. The van der Waals surface area contributed by atoms with E-state index in [1.54, 1.807) is 11.8 Å². The monoisotopic (exact) mass is 371 g/mol. The van der Waals surface area contributed by atoms with Gasteiger partial charge in [-0.15, -0.1) is 11.8 Å². The highest BCUT2D eigenvalue weighted by molar-refractivity contribution is 8.14. The molecule has 114 valence electrons. The van der Waals surface area contributed by atoms with Gasteiger partial charge in [0.25, 0.3) is 0 Å². The number of rotatable bonds is 4. The van der Waals surface area contributed by atoms with E-state index < -0.39 is 0 Å². The predicted molar refractivity (Wildman–Crippen MR) is 96.1 cm³/mol. The quantitative estimate of drug-likeness (QED) is 0.684. The van der Waals surface area contributed by atoms with E-state index in [1.807, 2.05) is 36.4 Å². The summed E-state index contributed by atoms with van der Waals surface area (Å²) in [7, 11) is 0. The van der Waals surface area contributed by atoms with Gasteiger partial charge >= 0.3 is 0 Å². The molecule has 1 heterocycles. The van der Waals surface area contributed by atoms with Crippen molar-refractivity contribution in [1.82, 2.24) is 0 Å². The molecule has 0 aromatic heterocycles. The van der Waals surface area contributed by atoms with Crippen molar-refractivity contribution in [2.24, 2.45) is 4.99 Å². The van der Waals surface area contributed by atoms with Gasteiger partial charge < -0.3 is 4.74 Å². The first kappa shape index (κ1) is 16.0. The number of ether oxygens (including phenoxy) is 1. The summed E-state index contributed by atoms with van der Waals surface area (Å²) >= 11 is 20.3. The van der Waals surface area contributed by atoms with Crippen LogP contribution in [0.15, 0.2) is 41.4 Å². The molecule has 2 aromatic rings. The molecular formula is C16H12Cl3NOS. The lowest BCUT2D eigenvalue weighted by Gasteiger charge is -2.12. The number of benzene rings is 2.